The van der Waals surface area contributed by atoms with Crippen molar-refractivity contribution in [3.63, 3.8) is 0 Å². The molecule has 0 amide bonds. The van der Waals surface area contributed by atoms with Crippen LogP contribution < -0.4 is 0 Å². The smallest absolute Gasteiger partial charge is 0.296 e. The zero-order valence-corrected chi connectivity index (χ0v) is 12.9. The quantitative estimate of drug-likeness (QED) is 0.810. The number of hydrogen-bond donors (Lipinski definition) is 0. The minimum atomic E-state index is -3.63. The summed E-state index contributed by atoms with van der Waals surface area (Å²) < 4.78 is 25.1. The van der Waals surface area contributed by atoms with E-state index >= 15 is 0 Å². The molecule has 0 bridgehead atoms. The molecule has 3 nitrogen and oxygen atoms in total. The molecule has 2 aromatic carbocycles. The maximum absolute atomic E-state index is 12.6. The number of nitrogens with zero attached hydrogens (tertiary/aromatic N) is 1. The molecular weight excluding hydrogens is 282 g/mol. The summed E-state index contributed by atoms with van der Waals surface area (Å²) in [6.45, 7) is 11.1. The third kappa shape index (κ3) is 3.50. The maximum Gasteiger partial charge on any atom is 0.329 e. The molecule has 2 rings (SSSR count). The fourth-order valence-corrected chi connectivity index (χ4v) is 3.53. The van der Waals surface area contributed by atoms with Crippen molar-refractivity contribution < 1.29 is 8.42 Å². The predicted octanol–water partition coefficient (Wildman–Crippen LogP) is 3.57. The summed E-state index contributed by atoms with van der Waals surface area (Å²) in [5.74, 6) is 0. The fraction of sp³-hybridized carbons (Fsp3) is 0.235. The van der Waals surface area contributed by atoms with E-state index in [1.807, 2.05) is 38.1 Å². The molecule has 0 unspecified atom stereocenters. The van der Waals surface area contributed by atoms with Gasteiger partial charge >= 0.3 is 5.37 Å². The van der Waals surface area contributed by atoms with E-state index in [1.165, 1.54) is 0 Å². The van der Waals surface area contributed by atoms with Crippen LogP contribution in [0.15, 0.2) is 53.4 Å². The zero-order valence-electron chi connectivity index (χ0n) is 12.1. The predicted molar refractivity (Wildman–Crippen MR) is 83.6 cm³/mol. The molecule has 0 saturated carbocycles. The monoisotopic (exact) mass is 299 g/mol. The normalized spacial score (nSPS) is 12.6. The second-order valence-corrected chi connectivity index (χ2v) is 7.24. The van der Waals surface area contributed by atoms with E-state index in [4.69, 9.17) is 6.57 Å². The minimum Gasteiger partial charge on any atom is -0.296 e. The van der Waals surface area contributed by atoms with Crippen LogP contribution in [0.5, 0.6) is 0 Å². The lowest BCUT2D eigenvalue weighted by Gasteiger charge is -2.08. The molecule has 4 heteroatoms. The standard InChI is InChI=1S/C17H17NO2S/c1-13-7-9-16(10-8-13)21(19,20)17(18-3)12-15-6-4-5-14(2)11-15/h4-11,17H,12H2,1-2H3/t17-/m0/s1. The molecule has 0 aromatic heterocycles. The SMILES string of the molecule is [C-]#[N+][C@H](Cc1cccc(C)c1)S(=O)(=O)c1ccc(C)cc1. The van der Waals surface area contributed by atoms with Gasteiger partial charge in [0.2, 0.25) is 0 Å². The third-order valence-electron chi connectivity index (χ3n) is 3.34. The van der Waals surface area contributed by atoms with Crippen molar-refractivity contribution in [1.82, 2.24) is 0 Å². The van der Waals surface area contributed by atoms with Crippen molar-refractivity contribution in [3.05, 3.63) is 76.6 Å². The summed E-state index contributed by atoms with van der Waals surface area (Å²) in [4.78, 5) is 3.56. The van der Waals surface area contributed by atoms with E-state index in [0.717, 1.165) is 16.7 Å². The molecule has 0 fully saturated rings. The number of benzene rings is 2. The summed E-state index contributed by atoms with van der Waals surface area (Å²) in [6.07, 6.45) is 0.210. The first kappa shape index (κ1) is 15.3. The highest BCUT2D eigenvalue weighted by molar-refractivity contribution is 7.92. The molecule has 0 aliphatic heterocycles. The van der Waals surface area contributed by atoms with Crippen LogP contribution in [-0.4, -0.2) is 13.8 Å². The molecule has 1 atom stereocenters. The summed E-state index contributed by atoms with van der Waals surface area (Å²) in [5.41, 5.74) is 2.92. The number of aryl methyl sites for hydroxylation is 2. The van der Waals surface area contributed by atoms with Crippen LogP contribution in [0.3, 0.4) is 0 Å². The summed E-state index contributed by atoms with van der Waals surface area (Å²) in [5, 5.41) is -1.08. The van der Waals surface area contributed by atoms with E-state index in [1.54, 1.807) is 24.3 Å². The Bertz CT molecular complexity index is 771. The van der Waals surface area contributed by atoms with Crippen molar-refractivity contribution in [2.75, 3.05) is 0 Å². The fourth-order valence-electron chi connectivity index (χ4n) is 2.15. The first-order valence-corrected chi connectivity index (χ1v) is 8.21. The number of sulfone groups is 1. The van der Waals surface area contributed by atoms with Gasteiger partial charge in [-0.3, -0.25) is 4.85 Å². The topological polar surface area (TPSA) is 38.5 Å². The molecule has 2 aromatic rings. The molecule has 0 heterocycles. The summed E-state index contributed by atoms with van der Waals surface area (Å²) in [6, 6.07) is 14.2. The number of rotatable bonds is 4. The van der Waals surface area contributed by atoms with Crippen LogP contribution in [-0.2, 0) is 16.3 Å². The molecular formula is C17H17NO2S. The molecule has 0 N–H and O–H groups in total. The molecule has 0 aliphatic rings. The highest BCUT2D eigenvalue weighted by Crippen LogP contribution is 2.21. The Morgan fingerprint density at radius 2 is 1.71 bits per heavy atom. The van der Waals surface area contributed by atoms with E-state index in [2.05, 4.69) is 4.85 Å². The highest BCUT2D eigenvalue weighted by Gasteiger charge is 2.32. The van der Waals surface area contributed by atoms with Crippen molar-refractivity contribution in [2.45, 2.75) is 30.5 Å². The van der Waals surface area contributed by atoms with Gasteiger partial charge in [-0.15, -0.1) is 0 Å². The van der Waals surface area contributed by atoms with E-state index in [-0.39, 0.29) is 11.3 Å². The van der Waals surface area contributed by atoms with E-state index < -0.39 is 15.2 Å². The molecule has 0 spiro atoms. The Hall–Kier alpha value is -2.12. The third-order valence-corrected chi connectivity index (χ3v) is 5.26. The summed E-state index contributed by atoms with van der Waals surface area (Å²) in [7, 11) is -3.63. The molecule has 0 radical (unpaired) electrons. The van der Waals surface area contributed by atoms with Crippen LogP contribution in [0, 0.1) is 20.4 Å². The second-order valence-electron chi connectivity index (χ2n) is 5.13. The average molecular weight is 299 g/mol. The Labute approximate surface area is 126 Å². The van der Waals surface area contributed by atoms with Crippen LogP contribution >= 0.6 is 0 Å². The van der Waals surface area contributed by atoms with Gasteiger partial charge in [0, 0.05) is 0 Å². The number of hydrogen-bond acceptors (Lipinski definition) is 2. The lowest BCUT2D eigenvalue weighted by molar-refractivity contribution is 0.587. The lowest BCUT2D eigenvalue weighted by atomic mass is 10.1. The molecule has 0 aliphatic carbocycles. The van der Waals surface area contributed by atoms with Gasteiger partial charge in [0.25, 0.3) is 9.84 Å². The van der Waals surface area contributed by atoms with Crippen LogP contribution in [0.4, 0.5) is 0 Å². The van der Waals surface area contributed by atoms with Crippen LogP contribution in [0.1, 0.15) is 16.7 Å². The van der Waals surface area contributed by atoms with Gasteiger partial charge in [0.15, 0.2) is 0 Å². The first-order valence-electron chi connectivity index (χ1n) is 6.66. The lowest BCUT2D eigenvalue weighted by Crippen LogP contribution is -2.20. The maximum atomic E-state index is 12.6. The van der Waals surface area contributed by atoms with Gasteiger partial charge in [0.1, 0.15) is 0 Å². The minimum absolute atomic E-state index is 0.210. The van der Waals surface area contributed by atoms with E-state index in [9.17, 15) is 8.42 Å². The Balaban J connectivity index is 2.32. The van der Waals surface area contributed by atoms with Gasteiger partial charge in [-0.2, -0.15) is 0 Å². The largest absolute Gasteiger partial charge is 0.329 e. The van der Waals surface area contributed by atoms with Crippen LogP contribution in [0.25, 0.3) is 4.85 Å². The van der Waals surface area contributed by atoms with Crippen molar-refractivity contribution >= 4 is 9.84 Å². The second kappa shape index (κ2) is 6.11. The van der Waals surface area contributed by atoms with Crippen molar-refractivity contribution in [3.8, 4) is 0 Å². The first-order chi connectivity index (χ1) is 9.93. The van der Waals surface area contributed by atoms with Gasteiger partial charge in [-0.1, -0.05) is 47.5 Å². The van der Waals surface area contributed by atoms with Crippen LogP contribution in [0.2, 0.25) is 0 Å². The average Bonchev–Trinajstić information content (AvgIpc) is 2.45. The van der Waals surface area contributed by atoms with E-state index in [0.29, 0.717) is 0 Å². The van der Waals surface area contributed by atoms with Crippen molar-refractivity contribution in [1.29, 1.82) is 0 Å². The Morgan fingerprint density at radius 3 is 2.29 bits per heavy atom. The molecule has 21 heavy (non-hydrogen) atoms. The molecule has 108 valence electrons. The Morgan fingerprint density at radius 1 is 1.05 bits per heavy atom. The molecule has 0 saturated heterocycles. The summed E-state index contributed by atoms with van der Waals surface area (Å²) >= 11 is 0. The highest BCUT2D eigenvalue weighted by atomic mass is 32.2. The van der Waals surface area contributed by atoms with Gasteiger partial charge in [0.05, 0.1) is 11.3 Å². The Kier molecular flexibility index (Phi) is 4.44. The van der Waals surface area contributed by atoms with Gasteiger partial charge < -0.3 is 0 Å². The zero-order chi connectivity index (χ0) is 15.5. The van der Waals surface area contributed by atoms with Gasteiger partial charge in [-0.25, -0.2) is 15.0 Å². The van der Waals surface area contributed by atoms with Crippen molar-refractivity contribution in [2.24, 2.45) is 0 Å². The van der Waals surface area contributed by atoms with Gasteiger partial charge in [-0.05, 0) is 31.5 Å².